The van der Waals surface area contributed by atoms with Crippen LogP contribution >= 0.6 is 12.2 Å². The van der Waals surface area contributed by atoms with Gasteiger partial charge >= 0.3 is 0 Å². The molecular weight excluding hydrogens is 368 g/mol. The minimum Gasteiger partial charge on any atom is -0.493 e. The molecule has 0 bridgehead atoms. The average molecular weight is 391 g/mol. The fourth-order valence-corrected chi connectivity index (χ4v) is 2.91. The van der Waals surface area contributed by atoms with Gasteiger partial charge in [-0.2, -0.15) is 0 Å². The van der Waals surface area contributed by atoms with E-state index in [1.165, 1.54) is 5.56 Å². The second kappa shape index (κ2) is 10.2. The third-order valence-corrected chi connectivity index (χ3v) is 4.28. The number of carbonyl (C=O) groups is 1. The molecule has 3 aromatic rings. The lowest BCUT2D eigenvalue weighted by atomic mass is 10.1. The molecule has 142 valence electrons. The summed E-state index contributed by atoms with van der Waals surface area (Å²) in [5.41, 5.74) is 2.98. The van der Waals surface area contributed by atoms with Gasteiger partial charge in [0.2, 0.25) is 5.91 Å². The zero-order chi connectivity index (χ0) is 19.6. The molecule has 0 spiro atoms. The van der Waals surface area contributed by atoms with Crippen molar-refractivity contribution in [2.24, 2.45) is 0 Å². The summed E-state index contributed by atoms with van der Waals surface area (Å²) < 4.78 is 5.77. The number of anilines is 1. The van der Waals surface area contributed by atoms with E-state index in [0.29, 0.717) is 6.61 Å². The van der Waals surface area contributed by atoms with Crippen molar-refractivity contribution in [2.75, 3.05) is 11.9 Å². The van der Waals surface area contributed by atoms with Crippen LogP contribution in [0.2, 0.25) is 0 Å². The van der Waals surface area contributed by atoms with Crippen LogP contribution in [-0.2, 0) is 17.6 Å². The molecule has 28 heavy (non-hydrogen) atoms. The summed E-state index contributed by atoms with van der Waals surface area (Å²) in [6, 6.07) is 27.3. The maximum Gasteiger partial charge on any atom is 0.230 e. The molecule has 1 amide bonds. The average Bonchev–Trinajstić information content (AvgIpc) is 2.71. The van der Waals surface area contributed by atoms with Crippen LogP contribution in [-0.4, -0.2) is 17.6 Å². The van der Waals surface area contributed by atoms with E-state index in [-0.39, 0.29) is 17.4 Å². The molecule has 4 nitrogen and oxygen atoms in total. The van der Waals surface area contributed by atoms with Gasteiger partial charge < -0.3 is 15.4 Å². The third-order valence-electron chi connectivity index (χ3n) is 4.07. The van der Waals surface area contributed by atoms with Crippen LogP contribution in [0.15, 0.2) is 84.9 Å². The Hall–Kier alpha value is -3.18. The van der Waals surface area contributed by atoms with Crippen molar-refractivity contribution in [2.45, 2.75) is 12.8 Å². The molecule has 0 heterocycles. The van der Waals surface area contributed by atoms with E-state index >= 15 is 0 Å². The van der Waals surface area contributed by atoms with Gasteiger partial charge in [-0.05, 0) is 47.6 Å². The van der Waals surface area contributed by atoms with E-state index in [9.17, 15) is 4.79 Å². The molecule has 0 saturated heterocycles. The predicted octanol–water partition coefficient (Wildman–Crippen LogP) is 4.36. The fraction of sp³-hybridized carbons (Fsp3) is 0.130. The van der Waals surface area contributed by atoms with Crippen molar-refractivity contribution in [1.82, 2.24) is 5.32 Å². The molecule has 5 heteroatoms. The number of hydrogen-bond acceptors (Lipinski definition) is 3. The molecule has 3 aromatic carbocycles. The SMILES string of the molecule is O=C(Cc1ccccc1)NC(=S)Nc1ccc(OCCc2ccccc2)cc1. The second-order valence-electron chi connectivity index (χ2n) is 6.27. The zero-order valence-electron chi connectivity index (χ0n) is 15.4. The van der Waals surface area contributed by atoms with E-state index in [4.69, 9.17) is 17.0 Å². The molecule has 0 unspecified atom stereocenters. The van der Waals surface area contributed by atoms with Crippen LogP contribution in [0.5, 0.6) is 5.75 Å². The van der Waals surface area contributed by atoms with Gasteiger partial charge in [-0.25, -0.2) is 0 Å². The standard InChI is InChI=1S/C23H22N2O2S/c26-22(17-19-9-5-2-6-10-19)25-23(28)24-20-11-13-21(14-12-20)27-16-15-18-7-3-1-4-8-18/h1-14H,15-17H2,(H2,24,25,26,28). The Morgan fingerprint density at radius 3 is 2.07 bits per heavy atom. The van der Waals surface area contributed by atoms with E-state index in [1.54, 1.807) is 0 Å². The number of amides is 1. The van der Waals surface area contributed by atoms with Gasteiger partial charge in [0.15, 0.2) is 5.11 Å². The highest BCUT2D eigenvalue weighted by Gasteiger charge is 2.06. The predicted molar refractivity (Wildman–Crippen MR) is 117 cm³/mol. The van der Waals surface area contributed by atoms with Gasteiger partial charge in [0, 0.05) is 12.1 Å². The first-order valence-corrected chi connectivity index (χ1v) is 9.51. The van der Waals surface area contributed by atoms with Gasteiger partial charge in [0.05, 0.1) is 13.0 Å². The summed E-state index contributed by atoms with van der Waals surface area (Å²) in [5.74, 6) is 0.644. The number of nitrogens with one attached hydrogen (secondary N) is 2. The Labute approximate surface area is 170 Å². The van der Waals surface area contributed by atoms with Crippen molar-refractivity contribution in [3.63, 3.8) is 0 Å². The van der Waals surface area contributed by atoms with Gasteiger partial charge in [0.25, 0.3) is 0 Å². The molecular formula is C23H22N2O2S. The maximum atomic E-state index is 12.0. The Balaban J connectivity index is 1.42. The fourth-order valence-electron chi connectivity index (χ4n) is 2.68. The van der Waals surface area contributed by atoms with Crippen LogP contribution < -0.4 is 15.4 Å². The zero-order valence-corrected chi connectivity index (χ0v) is 16.2. The summed E-state index contributed by atoms with van der Waals surface area (Å²) in [5, 5.41) is 5.98. The van der Waals surface area contributed by atoms with Crippen LogP contribution in [0.25, 0.3) is 0 Å². The van der Waals surface area contributed by atoms with E-state index in [0.717, 1.165) is 23.4 Å². The number of hydrogen-bond donors (Lipinski definition) is 2. The van der Waals surface area contributed by atoms with Gasteiger partial charge in [-0.15, -0.1) is 0 Å². The Morgan fingerprint density at radius 1 is 0.821 bits per heavy atom. The summed E-state index contributed by atoms with van der Waals surface area (Å²) >= 11 is 5.21. The number of benzene rings is 3. The second-order valence-corrected chi connectivity index (χ2v) is 6.68. The molecule has 3 rings (SSSR count). The van der Waals surface area contributed by atoms with Crippen molar-refractivity contribution >= 4 is 28.9 Å². The smallest absolute Gasteiger partial charge is 0.230 e. The minimum atomic E-state index is -0.149. The molecule has 2 N–H and O–H groups in total. The van der Waals surface area contributed by atoms with Crippen LogP contribution in [0.4, 0.5) is 5.69 Å². The van der Waals surface area contributed by atoms with Crippen molar-refractivity contribution in [3.8, 4) is 5.75 Å². The van der Waals surface area contributed by atoms with Crippen LogP contribution in [0.3, 0.4) is 0 Å². The maximum absolute atomic E-state index is 12.0. The monoisotopic (exact) mass is 390 g/mol. The molecule has 0 fully saturated rings. The van der Waals surface area contributed by atoms with Gasteiger partial charge in [0.1, 0.15) is 5.75 Å². The summed E-state index contributed by atoms with van der Waals surface area (Å²) in [4.78, 5) is 12.0. The molecule has 0 atom stereocenters. The van der Waals surface area contributed by atoms with Gasteiger partial charge in [-0.3, -0.25) is 4.79 Å². The first-order chi connectivity index (χ1) is 13.7. The quantitative estimate of drug-likeness (QED) is 0.589. The summed E-state index contributed by atoms with van der Waals surface area (Å²) in [6.07, 6.45) is 1.15. The molecule has 0 aliphatic heterocycles. The van der Waals surface area contributed by atoms with E-state index in [1.807, 2.05) is 72.8 Å². The Morgan fingerprint density at radius 2 is 1.43 bits per heavy atom. The number of rotatable bonds is 7. The first-order valence-electron chi connectivity index (χ1n) is 9.10. The van der Waals surface area contributed by atoms with Crippen molar-refractivity contribution in [1.29, 1.82) is 0 Å². The van der Waals surface area contributed by atoms with Crippen molar-refractivity contribution < 1.29 is 9.53 Å². The highest BCUT2D eigenvalue weighted by molar-refractivity contribution is 7.80. The van der Waals surface area contributed by atoms with Gasteiger partial charge in [-0.1, -0.05) is 60.7 Å². The highest BCUT2D eigenvalue weighted by Crippen LogP contribution is 2.16. The number of ether oxygens (including phenoxy) is 1. The Bertz CT molecular complexity index is 897. The summed E-state index contributed by atoms with van der Waals surface area (Å²) in [7, 11) is 0. The lowest BCUT2D eigenvalue weighted by Gasteiger charge is -2.11. The number of thiocarbonyl (C=S) groups is 1. The van der Waals surface area contributed by atoms with Crippen LogP contribution in [0, 0.1) is 0 Å². The lowest BCUT2D eigenvalue weighted by molar-refractivity contribution is -0.119. The third kappa shape index (κ3) is 6.52. The number of carbonyl (C=O) groups excluding carboxylic acids is 1. The highest BCUT2D eigenvalue weighted by atomic mass is 32.1. The largest absolute Gasteiger partial charge is 0.493 e. The lowest BCUT2D eigenvalue weighted by Crippen LogP contribution is -2.35. The van der Waals surface area contributed by atoms with E-state index in [2.05, 4.69) is 22.8 Å². The van der Waals surface area contributed by atoms with E-state index < -0.39 is 0 Å². The van der Waals surface area contributed by atoms with Crippen molar-refractivity contribution in [3.05, 3.63) is 96.1 Å². The molecule has 0 aliphatic carbocycles. The summed E-state index contributed by atoms with van der Waals surface area (Å²) in [6.45, 7) is 0.616. The topological polar surface area (TPSA) is 50.4 Å². The normalized spacial score (nSPS) is 10.1. The minimum absolute atomic E-state index is 0.149. The molecule has 0 radical (unpaired) electrons. The molecule has 0 aliphatic rings. The first kappa shape index (κ1) is 19.6. The Kier molecular flexibility index (Phi) is 7.15. The van der Waals surface area contributed by atoms with Crippen LogP contribution in [0.1, 0.15) is 11.1 Å². The molecule has 0 saturated carbocycles. The molecule has 0 aromatic heterocycles.